The molecule has 0 aliphatic heterocycles. The average Bonchev–Trinajstić information content (AvgIpc) is 2.93. The summed E-state index contributed by atoms with van der Waals surface area (Å²) in [5.41, 5.74) is 5.27. The normalized spacial score (nSPS) is 10.2. The summed E-state index contributed by atoms with van der Waals surface area (Å²) in [4.78, 5) is 29.8. The van der Waals surface area contributed by atoms with Crippen molar-refractivity contribution in [3.05, 3.63) is 120 Å². The standard InChI is InChI=1S/C30H29N3O3.ClH/c1-36-25-14-12-22(13-15-25)19-29(34)33-21-24-8-2-3-9-26(24)27-10-4-5-11-28(27)30(35)32-18-16-23-7-6-17-31-20-23;/h2-15,17,20H,16,18-19,21H2,1H3,(H,32,35)(H,33,34);1H. The molecule has 4 rings (SSSR count). The van der Waals surface area contributed by atoms with Gasteiger partial charge in [0.05, 0.1) is 13.5 Å². The van der Waals surface area contributed by atoms with Crippen LogP contribution in [0.5, 0.6) is 5.75 Å². The van der Waals surface area contributed by atoms with Crippen molar-refractivity contribution >= 4 is 24.2 Å². The highest BCUT2D eigenvalue weighted by molar-refractivity contribution is 6.01. The van der Waals surface area contributed by atoms with Crippen LogP contribution in [0, 0.1) is 0 Å². The highest BCUT2D eigenvalue weighted by Crippen LogP contribution is 2.27. The summed E-state index contributed by atoms with van der Waals surface area (Å²) in [6, 6.07) is 26.7. The fourth-order valence-corrected chi connectivity index (χ4v) is 4.00. The summed E-state index contributed by atoms with van der Waals surface area (Å²) >= 11 is 0. The number of aromatic nitrogens is 1. The van der Waals surface area contributed by atoms with Crippen LogP contribution in [-0.4, -0.2) is 30.5 Å². The van der Waals surface area contributed by atoms with Crippen LogP contribution in [0.1, 0.15) is 27.0 Å². The number of hydrogen-bond acceptors (Lipinski definition) is 4. The number of benzene rings is 3. The third kappa shape index (κ3) is 7.66. The molecular formula is C30H30ClN3O3. The summed E-state index contributed by atoms with van der Waals surface area (Å²) in [6.07, 6.45) is 4.53. The topological polar surface area (TPSA) is 80.3 Å². The van der Waals surface area contributed by atoms with E-state index in [0.29, 0.717) is 25.1 Å². The lowest BCUT2D eigenvalue weighted by Crippen LogP contribution is -2.26. The number of carbonyl (C=O) groups is 2. The van der Waals surface area contributed by atoms with Gasteiger partial charge in [0, 0.05) is 31.0 Å². The highest BCUT2D eigenvalue weighted by atomic mass is 35.5. The maximum absolute atomic E-state index is 13.0. The van der Waals surface area contributed by atoms with Crippen LogP contribution in [-0.2, 0) is 24.2 Å². The summed E-state index contributed by atoms with van der Waals surface area (Å²) in [6.45, 7) is 0.879. The van der Waals surface area contributed by atoms with Crippen LogP contribution in [0.3, 0.4) is 0 Å². The molecule has 190 valence electrons. The van der Waals surface area contributed by atoms with E-state index in [1.165, 1.54) is 0 Å². The number of nitrogens with one attached hydrogen (secondary N) is 2. The zero-order valence-corrected chi connectivity index (χ0v) is 21.5. The van der Waals surface area contributed by atoms with Crippen LogP contribution in [0.2, 0.25) is 0 Å². The number of pyridine rings is 1. The molecule has 4 aromatic rings. The number of nitrogens with zero attached hydrogens (tertiary/aromatic N) is 1. The van der Waals surface area contributed by atoms with Gasteiger partial charge < -0.3 is 15.4 Å². The second-order valence-electron chi connectivity index (χ2n) is 8.37. The lowest BCUT2D eigenvalue weighted by atomic mass is 9.95. The lowest BCUT2D eigenvalue weighted by molar-refractivity contribution is -0.120. The molecule has 0 unspecified atom stereocenters. The molecule has 2 amide bonds. The Morgan fingerprint density at radius 2 is 1.54 bits per heavy atom. The molecule has 0 atom stereocenters. The smallest absolute Gasteiger partial charge is 0.251 e. The Balaban J connectivity index is 0.00000380. The molecule has 37 heavy (non-hydrogen) atoms. The summed E-state index contributed by atoms with van der Waals surface area (Å²) in [7, 11) is 1.61. The van der Waals surface area contributed by atoms with Crippen molar-refractivity contribution in [2.45, 2.75) is 19.4 Å². The molecule has 0 saturated heterocycles. The fourth-order valence-electron chi connectivity index (χ4n) is 4.00. The van der Waals surface area contributed by atoms with Crippen LogP contribution in [0.25, 0.3) is 11.1 Å². The van der Waals surface area contributed by atoms with Gasteiger partial charge in [0.1, 0.15) is 5.75 Å². The van der Waals surface area contributed by atoms with Crippen LogP contribution >= 0.6 is 12.4 Å². The Kier molecular flexibility index (Phi) is 10.2. The second kappa shape index (κ2) is 13.8. The van der Waals surface area contributed by atoms with Crippen molar-refractivity contribution in [2.75, 3.05) is 13.7 Å². The Hall–Kier alpha value is -4.16. The predicted molar refractivity (Wildman–Crippen MR) is 148 cm³/mol. The van der Waals surface area contributed by atoms with Crippen molar-refractivity contribution in [2.24, 2.45) is 0 Å². The van der Waals surface area contributed by atoms with E-state index in [0.717, 1.165) is 33.6 Å². The van der Waals surface area contributed by atoms with Gasteiger partial charge in [-0.1, -0.05) is 60.7 Å². The Bertz CT molecular complexity index is 1310. The number of ether oxygens (including phenoxy) is 1. The molecule has 0 spiro atoms. The van der Waals surface area contributed by atoms with Crippen molar-refractivity contribution in [1.29, 1.82) is 0 Å². The van der Waals surface area contributed by atoms with Gasteiger partial charge in [-0.2, -0.15) is 0 Å². The summed E-state index contributed by atoms with van der Waals surface area (Å²) in [5, 5.41) is 6.03. The molecule has 7 heteroatoms. The van der Waals surface area contributed by atoms with E-state index in [-0.39, 0.29) is 30.6 Å². The monoisotopic (exact) mass is 515 g/mol. The van der Waals surface area contributed by atoms with Gasteiger partial charge in [-0.25, -0.2) is 0 Å². The molecule has 0 bridgehead atoms. The van der Waals surface area contributed by atoms with E-state index in [1.807, 2.05) is 84.9 Å². The van der Waals surface area contributed by atoms with Crippen LogP contribution < -0.4 is 15.4 Å². The van der Waals surface area contributed by atoms with Gasteiger partial charge in [-0.3, -0.25) is 14.6 Å². The van der Waals surface area contributed by atoms with Gasteiger partial charge in [-0.15, -0.1) is 12.4 Å². The Morgan fingerprint density at radius 3 is 2.27 bits per heavy atom. The van der Waals surface area contributed by atoms with Crippen molar-refractivity contribution < 1.29 is 14.3 Å². The van der Waals surface area contributed by atoms with Gasteiger partial charge in [0.25, 0.3) is 5.91 Å². The zero-order valence-electron chi connectivity index (χ0n) is 20.6. The van der Waals surface area contributed by atoms with E-state index < -0.39 is 0 Å². The molecule has 0 aliphatic rings. The molecule has 0 radical (unpaired) electrons. The SMILES string of the molecule is COc1ccc(CC(=O)NCc2ccccc2-c2ccccc2C(=O)NCCc2cccnc2)cc1.Cl. The third-order valence-corrected chi connectivity index (χ3v) is 5.90. The Labute approximate surface area is 223 Å². The van der Waals surface area contributed by atoms with E-state index in [4.69, 9.17) is 4.74 Å². The molecular weight excluding hydrogens is 486 g/mol. The average molecular weight is 516 g/mol. The lowest BCUT2D eigenvalue weighted by Gasteiger charge is -2.15. The van der Waals surface area contributed by atoms with Crippen LogP contribution in [0.4, 0.5) is 0 Å². The molecule has 3 aromatic carbocycles. The first-order chi connectivity index (χ1) is 17.6. The van der Waals surface area contributed by atoms with E-state index in [9.17, 15) is 9.59 Å². The number of methoxy groups -OCH3 is 1. The maximum Gasteiger partial charge on any atom is 0.251 e. The van der Waals surface area contributed by atoms with Gasteiger partial charge in [-0.05, 0) is 58.5 Å². The van der Waals surface area contributed by atoms with Crippen LogP contribution in [0.15, 0.2) is 97.3 Å². The van der Waals surface area contributed by atoms with Gasteiger partial charge in [0.15, 0.2) is 0 Å². The summed E-state index contributed by atoms with van der Waals surface area (Å²) in [5.74, 6) is 0.553. The predicted octanol–water partition coefficient (Wildman–Crippen LogP) is 5.01. The van der Waals surface area contributed by atoms with Crippen molar-refractivity contribution in [3.8, 4) is 16.9 Å². The third-order valence-electron chi connectivity index (χ3n) is 5.90. The number of carbonyl (C=O) groups excluding carboxylic acids is 2. The van der Waals surface area contributed by atoms with Crippen molar-refractivity contribution in [1.82, 2.24) is 15.6 Å². The fraction of sp³-hybridized carbons (Fsp3) is 0.167. The number of rotatable bonds is 10. The second-order valence-corrected chi connectivity index (χ2v) is 8.37. The molecule has 1 heterocycles. The molecule has 6 nitrogen and oxygen atoms in total. The minimum absolute atomic E-state index is 0. The number of halogens is 1. The maximum atomic E-state index is 13.0. The first-order valence-corrected chi connectivity index (χ1v) is 11.9. The Morgan fingerprint density at radius 1 is 0.811 bits per heavy atom. The quantitative estimate of drug-likeness (QED) is 0.311. The molecule has 1 aromatic heterocycles. The molecule has 0 aliphatic carbocycles. The van der Waals surface area contributed by atoms with Crippen molar-refractivity contribution in [3.63, 3.8) is 0 Å². The first-order valence-electron chi connectivity index (χ1n) is 11.9. The van der Waals surface area contributed by atoms with E-state index in [2.05, 4.69) is 15.6 Å². The van der Waals surface area contributed by atoms with Gasteiger partial charge >= 0.3 is 0 Å². The number of hydrogen-bond donors (Lipinski definition) is 2. The molecule has 0 fully saturated rings. The number of amides is 2. The molecule has 2 N–H and O–H groups in total. The van der Waals surface area contributed by atoms with Gasteiger partial charge in [0.2, 0.25) is 5.91 Å². The minimum atomic E-state index is -0.132. The summed E-state index contributed by atoms with van der Waals surface area (Å²) < 4.78 is 5.17. The minimum Gasteiger partial charge on any atom is -0.497 e. The molecule has 0 saturated carbocycles. The first kappa shape index (κ1) is 27.4. The zero-order chi connectivity index (χ0) is 25.2. The largest absolute Gasteiger partial charge is 0.497 e. The van der Waals surface area contributed by atoms with E-state index in [1.54, 1.807) is 19.5 Å². The van der Waals surface area contributed by atoms with E-state index >= 15 is 0 Å². The highest BCUT2D eigenvalue weighted by Gasteiger charge is 2.15.